The van der Waals surface area contributed by atoms with E-state index in [2.05, 4.69) is 5.32 Å². The lowest BCUT2D eigenvalue weighted by atomic mass is 9.94. The van der Waals surface area contributed by atoms with E-state index in [-0.39, 0.29) is 24.2 Å². The Labute approximate surface area is 315 Å². The van der Waals surface area contributed by atoms with Crippen molar-refractivity contribution in [3.05, 3.63) is 76.4 Å². The Hall–Kier alpha value is -4.09. The lowest BCUT2D eigenvalue weighted by Crippen LogP contribution is -2.44. The third-order valence-corrected chi connectivity index (χ3v) is 11.4. The standard InChI is InChI=1S/C41H48N2O7S2/c1-41(2,3)50-39(46)42-32(18-25-11-7-6-8-12-25)34(44)14-10-9-13-28-22-35(29-20-30(47-4)23-31(21-29)48-5)49-36(28)24-37-38(45)43(40(51)52-37)33-19-26-15-16-27(33)17-26/h6-8,11-12,20-24,26-27,32-33H,9-10,13-19H2,1-5H3,(H,42,46)/b37-24-/t26?,27?,32-,33?/m0/s1. The summed E-state index contributed by atoms with van der Waals surface area (Å²) in [6, 6.07) is 16.7. The zero-order chi connectivity index (χ0) is 37.0. The van der Waals surface area contributed by atoms with Gasteiger partial charge in [0, 0.05) is 30.2 Å². The number of thioether (sulfide) groups is 1. The number of aryl methyl sites for hydroxylation is 1. The molecule has 3 aromatic rings. The van der Waals surface area contributed by atoms with Crippen molar-refractivity contribution in [1.82, 2.24) is 10.2 Å². The number of benzene rings is 2. The normalized spacial score (nSPS) is 21.1. The van der Waals surface area contributed by atoms with E-state index < -0.39 is 17.7 Å². The van der Waals surface area contributed by atoms with Crippen LogP contribution in [0.2, 0.25) is 0 Å². The smallest absolute Gasteiger partial charge is 0.408 e. The van der Waals surface area contributed by atoms with Crippen molar-refractivity contribution in [3.8, 4) is 22.8 Å². The Balaban J connectivity index is 1.19. The molecule has 1 aliphatic heterocycles. The second kappa shape index (κ2) is 16.3. The first-order valence-corrected chi connectivity index (χ1v) is 19.3. The molecule has 1 saturated heterocycles. The number of Topliss-reactive ketones (excluding diaryl/α,β-unsaturated/α-hetero) is 1. The molecular formula is C41H48N2O7S2. The average Bonchev–Trinajstić information content (AvgIpc) is 3.90. The number of thiocarbonyl (C=S) groups is 1. The van der Waals surface area contributed by atoms with Gasteiger partial charge in [-0.25, -0.2) is 4.79 Å². The van der Waals surface area contributed by atoms with Gasteiger partial charge in [-0.1, -0.05) is 60.7 Å². The molecule has 2 bridgehead atoms. The summed E-state index contributed by atoms with van der Waals surface area (Å²) < 4.78 is 23.6. The molecule has 2 aliphatic carbocycles. The summed E-state index contributed by atoms with van der Waals surface area (Å²) in [6.45, 7) is 5.38. The van der Waals surface area contributed by atoms with Crippen LogP contribution in [-0.4, -0.2) is 58.9 Å². The van der Waals surface area contributed by atoms with Gasteiger partial charge in [-0.3, -0.25) is 14.5 Å². The third kappa shape index (κ3) is 9.09. The van der Waals surface area contributed by atoms with Gasteiger partial charge in [-0.15, -0.1) is 0 Å². The van der Waals surface area contributed by atoms with E-state index in [1.807, 2.05) is 59.5 Å². The fourth-order valence-corrected chi connectivity index (χ4v) is 8.94. The van der Waals surface area contributed by atoms with Crippen LogP contribution in [0.1, 0.15) is 82.6 Å². The maximum absolute atomic E-state index is 13.8. The lowest BCUT2D eigenvalue weighted by Gasteiger charge is -2.30. The lowest BCUT2D eigenvalue weighted by molar-refractivity contribution is -0.124. The molecule has 9 nitrogen and oxygen atoms in total. The number of amides is 2. The summed E-state index contributed by atoms with van der Waals surface area (Å²) in [7, 11) is 3.20. The largest absolute Gasteiger partial charge is 0.497 e. The molecule has 276 valence electrons. The Kier molecular flexibility index (Phi) is 11.8. The molecule has 2 heterocycles. The number of fused-ring (bicyclic) bond motifs is 2. The number of hydrogen-bond acceptors (Lipinski definition) is 9. The SMILES string of the molecule is COc1cc(OC)cc(-c2cc(CCCCC(=O)[C@H](Cc3ccccc3)NC(=O)OC(C)(C)C)c(/C=C3\SC(=S)N(C4CC5CCC4C5)C3=O)o2)c1. The number of furan rings is 1. The summed E-state index contributed by atoms with van der Waals surface area (Å²) in [5.41, 5.74) is 1.96. The van der Waals surface area contributed by atoms with Crippen LogP contribution in [0.5, 0.6) is 11.5 Å². The van der Waals surface area contributed by atoms with Gasteiger partial charge < -0.3 is 23.9 Å². The summed E-state index contributed by atoms with van der Waals surface area (Å²) in [4.78, 5) is 42.5. The zero-order valence-electron chi connectivity index (χ0n) is 30.6. The minimum Gasteiger partial charge on any atom is -0.497 e. The van der Waals surface area contributed by atoms with Gasteiger partial charge >= 0.3 is 6.09 Å². The van der Waals surface area contributed by atoms with Gasteiger partial charge in [0.1, 0.15) is 32.9 Å². The molecule has 6 rings (SSSR count). The molecule has 4 atom stereocenters. The average molecular weight is 745 g/mol. The Morgan fingerprint density at radius 1 is 1.04 bits per heavy atom. The van der Waals surface area contributed by atoms with E-state index in [1.54, 1.807) is 41.1 Å². The predicted octanol–water partition coefficient (Wildman–Crippen LogP) is 8.77. The zero-order valence-corrected chi connectivity index (χ0v) is 32.2. The van der Waals surface area contributed by atoms with Crippen LogP contribution in [-0.2, 0) is 27.2 Å². The number of nitrogens with one attached hydrogen (secondary N) is 1. The van der Waals surface area contributed by atoms with Crippen LogP contribution in [0, 0.1) is 11.8 Å². The molecule has 2 saturated carbocycles. The molecule has 0 spiro atoms. The van der Waals surface area contributed by atoms with Gasteiger partial charge in [-0.2, -0.15) is 0 Å². The van der Waals surface area contributed by atoms with Crippen molar-refractivity contribution in [2.45, 2.75) is 96.2 Å². The maximum Gasteiger partial charge on any atom is 0.408 e. The molecule has 0 radical (unpaired) electrons. The molecule has 52 heavy (non-hydrogen) atoms. The number of hydrogen-bond donors (Lipinski definition) is 1. The second-order valence-electron chi connectivity index (χ2n) is 15.0. The highest BCUT2D eigenvalue weighted by Crippen LogP contribution is 2.49. The molecule has 3 aliphatic rings. The fraction of sp³-hybridized carbons (Fsp3) is 0.463. The van der Waals surface area contributed by atoms with Gasteiger partial charge in [-0.05, 0) is 107 Å². The van der Waals surface area contributed by atoms with E-state index in [4.69, 9.17) is 30.8 Å². The summed E-state index contributed by atoms with van der Waals surface area (Å²) in [5.74, 6) is 3.56. The van der Waals surface area contributed by atoms with Crippen LogP contribution >= 0.6 is 24.0 Å². The van der Waals surface area contributed by atoms with Crippen molar-refractivity contribution in [2.75, 3.05) is 14.2 Å². The number of nitrogens with zero attached hydrogens (tertiary/aromatic N) is 1. The quantitative estimate of drug-likeness (QED) is 0.0985. The summed E-state index contributed by atoms with van der Waals surface area (Å²) >= 11 is 7.10. The van der Waals surface area contributed by atoms with Crippen LogP contribution in [0.3, 0.4) is 0 Å². The number of unbranched alkanes of at least 4 members (excludes halogenated alkanes) is 1. The highest BCUT2D eigenvalue weighted by atomic mass is 32.2. The van der Waals surface area contributed by atoms with Crippen molar-refractivity contribution < 1.29 is 33.0 Å². The molecule has 1 N–H and O–H groups in total. The first kappa shape index (κ1) is 37.7. The molecule has 3 unspecified atom stereocenters. The maximum atomic E-state index is 13.8. The van der Waals surface area contributed by atoms with Crippen molar-refractivity contribution in [3.63, 3.8) is 0 Å². The molecule has 3 fully saturated rings. The van der Waals surface area contributed by atoms with Crippen LogP contribution in [0.4, 0.5) is 4.79 Å². The number of ketones is 1. The number of rotatable bonds is 14. The predicted molar refractivity (Wildman–Crippen MR) is 207 cm³/mol. The Bertz CT molecular complexity index is 1810. The monoisotopic (exact) mass is 744 g/mol. The number of carbonyl (C=O) groups is 3. The number of carbonyl (C=O) groups excluding carboxylic acids is 3. The minimum absolute atomic E-state index is 0.0490. The number of methoxy groups -OCH3 is 2. The Morgan fingerprint density at radius 3 is 2.40 bits per heavy atom. The van der Waals surface area contributed by atoms with Gasteiger partial charge in [0.25, 0.3) is 5.91 Å². The third-order valence-electron chi connectivity index (χ3n) is 10.1. The van der Waals surface area contributed by atoms with Gasteiger partial charge in [0.15, 0.2) is 5.78 Å². The Morgan fingerprint density at radius 2 is 1.77 bits per heavy atom. The first-order chi connectivity index (χ1) is 24.9. The second-order valence-corrected chi connectivity index (χ2v) is 16.6. The van der Waals surface area contributed by atoms with Crippen molar-refractivity contribution >= 4 is 52.2 Å². The van der Waals surface area contributed by atoms with E-state index >= 15 is 0 Å². The van der Waals surface area contributed by atoms with E-state index in [9.17, 15) is 14.4 Å². The van der Waals surface area contributed by atoms with Crippen molar-refractivity contribution in [1.29, 1.82) is 0 Å². The molecule has 2 amide bonds. The van der Waals surface area contributed by atoms with Crippen molar-refractivity contribution in [2.24, 2.45) is 11.8 Å². The highest BCUT2D eigenvalue weighted by molar-refractivity contribution is 8.26. The molecule has 1 aromatic heterocycles. The van der Waals surface area contributed by atoms with Crippen LogP contribution in [0.25, 0.3) is 17.4 Å². The number of alkyl carbamates (subject to hydrolysis) is 1. The van der Waals surface area contributed by atoms with Gasteiger partial charge in [0.05, 0.1) is 25.2 Å². The minimum atomic E-state index is -0.714. The van der Waals surface area contributed by atoms with E-state index in [1.165, 1.54) is 24.6 Å². The first-order valence-electron chi connectivity index (χ1n) is 18.1. The van der Waals surface area contributed by atoms with Crippen LogP contribution < -0.4 is 14.8 Å². The topological polar surface area (TPSA) is 107 Å². The molecule has 11 heteroatoms. The molecule has 2 aromatic carbocycles. The highest BCUT2D eigenvalue weighted by Gasteiger charge is 2.48. The van der Waals surface area contributed by atoms with E-state index in [0.717, 1.165) is 29.5 Å². The summed E-state index contributed by atoms with van der Waals surface area (Å²) in [5, 5.41) is 2.81. The fourth-order valence-electron chi connectivity index (χ4n) is 7.60. The summed E-state index contributed by atoms with van der Waals surface area (Å²) in [6.07, 6.45) is 8.38. The molecular weight excluding hydrogens is 697 g/mol. The van der Waals surface area contributed by atoms with E-state index in [0.29, 0.717) is 69.8 Å². The number of ether oxygens (including phenoxy) is 3. The van der Waals surface area contributed by atoms with Gasteiger partial charge in [0.2, 0.25) is 0 Å². The van der Waals surface area contributed by atoms with Crippen LogP contribution in [0.15, 0.2) is 63.9 Å².